The van der Waals surface area contributed by atoms with Crippen LogP contribution < -0.4 is 4.74 Å². The van der Waals surface area contributed by atoms with Crippen molar-refractivity contribution in [1.29, 1.82) is 0 Å². The van der Waals surface area contributed by atoms with Crippen molar-refractivity contribution < 1.29 is 9.53 Å². The lowest BCUT2D eigenvalue weighted by molar-refractivity contribution is 0.0993. The Morgan fingerprint density at radius 3 is 2.42 bits per heavy atom. The molecule has 1 atom stereocenters. The molecule has 0 aliphatic rings. The van der Waals surface area contributed by atoms with Crippen molar-refractivity contribution in [1.82, 2.24) is 24.8 Å². The van der Waals surface area contributed by atoms with Gasteiger partial charge in [-0.2, -0.15) is 4.68 Å². The number of carbonyl (C=O) groups is 1. The van der Waals surface area contributed by atoms with E-state index in [9.17, 15) is 4.79 Å². The molecule has 2 aromatic heterocycles. The van der Waals surface area contributed by atoms with E-state index in [2.05, 4.69) is 20.1 Å². The van der Waals surface area contributed by atoms with Crippen LogP contribution in [0, 0.1) is 13.8 Å². The fraction of sp³-hybridized carbons (Fsp3) is 0.217. The third kappa shape index (κ3) is 4.11. The molecule has 0 saturated heterocycles. The standard InChI is InChI=1S/C23H23N5O2S/c1-15-14-21(16(2)27(15)18-8-6-5-7-9-18)22(29)17(3)31-23-24-25-26-28(23)19-10-12-20(30-4)13-11-19/h5-14,17H,1-4H3/t17-/m1/s1. The van der Waals surface area contributed by atoms with E-state index in [4.69, 9.17) is 4.74 Å². The van der Waals surface area contributed by atoms with Crippen molar-refractivity contribution in [2.45, 2.75) is 31.2 Å². The van der Waals surface area contributed by atoms with Gasteiger partial charge in [0, 0.05) is 22.6 Å². The van der Waals surface area contributed by atoms with Crippen LogP contribution in [0.2, 0.25) is 0 Å². The highest BCUT2D eigenvalue weighted by molar-refractivity contribution is 8.00. The number of hydrogen-bond donors (Lipinski definition) is 0. The summed E-state index contributed by atoms with van der Waals surface area (Å²) in [4.78, 5) is 13.3. The minimum absolute atomic E-state index is 0.0459. The number of ketones is 1. The van der Waals surface area contributed by atoms with Gasteiger partial charge in [0.25, 0.3) is 0 Å². The zero-order valence-corrected chi connectivity index (χ0v) is 18.6. The van der Waals surface area contributed by atoms with Gasteiger partial charge in [-0.05, 0) is 73.7 Å². The highest BCUT2D eigenvalue weighted by atomic mass is 32.2. The van der Waals surface area contributed by atoms with Gasteiger partial charge in [-0.25, -0.2) is 0 Å². The van der Waals surface area contributed by atoms with Gasteiger partial charge in [0.2, 0.25) is 5.16 Å². The van der Waals surface area contributed by atoms with Crippen LogP contribution in [0.25, 0.3) is 11.4 Å². The first-order valence-electron chi connectivity index (χ1n) is 9.87. The number of methoxy groups -OCH3 is 1. The molecule has 0 radical (unpaired) electrons. The highest BCUT2D eigenvalue weighted by Gasteiger charge is 2.24. The smallest absolute Gasteiger partial charge is 0.214 e. The van der Waals surface area contributed by atoms with Gasteiger partial charge in [-0.15, -0.1) is 5.10 Å². The second kappa shape index (κ2) is 8.77. The van der Waals surface area contributed by atoms with Gasteiger partial charge < -0.3 is 9.30 Å². The van der Waals surface area contributed by atoms with Crippen LogP contribution in [0.15, 0.2) is 65.8 Å². The topological polar surface area (TPSA) is 74.8 Å². The molecule has 158 valence electrons. The Morgan fingerprint density at radius 1 is 1.03 bits per heavy atom. The summed E-state index contributed by atoms with van der Waals surface area (Å²) >= 11 is 1.34. The summed E-state index contributed by atoms with van der Waals surface area (Å²) in [6.07, 6.45) is 0. The van der Waals surface area contributed by atoms with Gasteiger partial charge in [0.05, 0.1) is 18.0 Å². The Hall–Kier alpha value is -3.39. The number of aromatic nitrogens is 5. The Balaban J connectivity index is 1.57. The van der Waals surface area contributed by atoms with E-state index in [-0.39, 0.29) is 11.0 Å². The molecule has 0 saturated carbocycles. The predicted molar refractivity (Wildman–Crippen MR) is 121 cm³/mol. The maximum absolute atomic E-state index is 13.3. The molecule has 0 N–H and O–H groups in total. The lowest BCUT2D eigenvalue weighted by Crippen LogP contribution is -2.15. The zero-order chi connectivity index (χ0) is 22.0. The van der Waals surface area contributed by atoms with Crippen LogP contribution in [0.3, 0.4) is 0 Å². The van der Waals surface area contributed by atoms with E-state index in [1.807, 2.05) is 81.4 Å². The molecule has 2 heterocycles. The summed E-state index contributed by atoms with van der Waals surface area (Å²) in [6.45, 7) is 5.87. The van der Waals surface area contributed by atoms with E-state index < -0.39 is 0 Å². The summed E-state index contributed by atoms with van der Waals surface area (Å²) < 4.78 is 8.93. The van der Waals surface area contributed by atoms with Crippen LogP contribution in [0.1, 0.15) is 28.7 Å². The van der Waals surface area contributed by atoms with Gasteiger partial charge in [-0.3, -0.25) is 4.79 Å². The SMILES string of the molecule is COc1ccc(-n2nnnc2S[C@H](C)C(=O)c2cc(C)n(-c3ccccc3)c2C)cc1. The lowest BCUT2D eigenvalue weighted by Gasteiger charge is -2.12. The highest BCUT2D eigenvalue weighted by Crippen LogP contribution is 2.29. The molecule has 0 aliphatic heterocycles. The maximum Gasteiger partial charge on any atom is 0.214 e. The molecule has 0 amide bonds. The van der Waals surface area contributed by atoms with Crippen LogP contribution in [0.5, 0.6) is 5.75 Å². The first-order chi connectivity index (χ1) is 15.0. The van der Waals surface area contributed by atoms with Crippen molar-refractivity contribution in [2.24, 2.45) is 0 Å². The van der Waals surface area contributed by atoms with E-state index in [0.717, 1.165) is 28.5 Å². The predicted octanol–water partition coefficient (Wildman–Crippen LogP) is 4.44. The molecule has 8 heteroatoms. The molecule has 0 aliphatic carbocycles. The second-order valence-corrected chi connectivity index (χ2v) is 8.46. The van der Waals surface area contributed by atoms with E-state index >= 15 is 0 Å². The van der Waals surface area contributed by atoms with E-state index in [1.165, 1.54) is 11.8 Å². The van der Waals surface area contributed by atoms with Crippen molar-refractivity contribution in [2.75, 3.05) is 7.11 Å². The molecule has 0 fully saturated rings. The number of aryl methyl sites for hydroxylation is 1. The molecule has 0 bridgehead atoms. The lowest BCUT2D eigenvalue weighted by atomic mass is 10.1. The Labute approximate surface area is 185 Å². The molecule has 4 aromatic rings. The normalized spacial score (nSPS) is 12.0. The minimum atomic E-state index is -0.354. The maximum atomic E-state index is 13.3. The fourth-order valence-electron chi connectivity index (χ4n) is 3.56. The number of rotatable bonds is 7. The number of benzene rings is 2. The van der Waals surface area contributed by atoms with Gasteiger partial charge in [-0.1, -0.05) is 30.0 Å². The molecular weight excluding hydrogens is 410 g/mol. The average molecular weight is 434 g/mol. The van der Waals surface area contributed by atoms with Crippen LogP contribution >= 0.6 is 11.8 Å². The van der Waals surface area contributed by atoms with Gasteiger partial charge >= 0.3 is 0 Å². The monoisotopic (exact) mass is 433 g/mol. The zero-order valence-electron chi connectivity index (χ0n) is 17.8. The Bertz CT molecular complexity index is 1200. The fourth-order valence-corrected chi connectivity index (χ4v) is 4.43. The minimum Gasteiger partial charge on any atom is -0.497 e. The summed E-state index contributed by atoms with van der Waals surface area (Å²) in [7, 11) is 1.62. The van der Waals surface area contributed by atoms with E-state index in [1.54, 1.807) is 11.8 Å². The number of nitrogens with zero attached hydrogens (tertiary/aromatic N) is 5. The van der Waals surface area contributed by atoms with Crippen LogP contribution in [0.4, 0.5) is 0 Å². The Morgan fingerprint density at radius 2 is 1.74 bits per heavy atom. The van der Waals surface area contributed by atoms with Crippen LogP contribution in [-0.2, 0) is 0 Å². The summed E-state index contributed by atoms with van der Waals surface area (Å²) in [5.74, 6) is 0.799. The van der Waals surface area contributed by atoms with Crippen molar-refractivity contribution in [3.05, 3.63) is 77.6 Å². The number of para-hydroxylation sites is 1. The molecule has 4 rings (SSSR count). The van der Waals surface area contributed by atoms with Gasteiger partial charge in [0.15, 0.2) is 5.78 Å². The number of hydrogen-bond acceptors (Lipinski definition) is 6. The van der Waals surface area contributed by atoms with Crippen molar-refractivity contribution in [3.8, 4) is 17.1 Å². The molecule has 31 heavy (non-hydrogen) atoms. The first kappa shape index (κ1) is 20.9. The number of ether oxygens (including phenoxy) is 1. The van der Waals surface area contributed by atoms with Crippen molar-refractivity contribution in [3.63, 3.8) is 0 Å². The summed E-state index contributed by atoms with van der Waals surface area (Å²) in [6, 6.07) is 19.4. The molecule has 0 unspecified atom stereocenters. The van der Waals surface area contributed by atoms with Crippen LogP contribution in [-0.4, -0.2) is 42.9 Å². The third-order valence-corrected chi connectivity index (χ3v) is 6.15. The molecule has 2 aromatic carbocycles. The third-order valence-electron chi connectivity index (χ3n) is 5.12. The first-order valence-corrected chi connectivity index (χ1v) is 10.8. The quantitative estimate of drug-likeness (QED) is 0.317. The van der Waals surface area contributed by atoms with Crippen molar-refractivity contribution >= 4 is 17.5 Å². The number of thioether (sulfide) groups is 1. The number of Topliss-reactive ketones (excluding diaryl/α,β-unsaturated/α-hetero) is 1. The molecular formula is C23H23N5O2S. The largest absolute Gasteiger partial charge is 0.497 e. The summed E-state index contributed by atoms with van der Waals surface area (Å²) in [5.41, 5.74) is 4.50. The molecule has 7 nitrogen and oxygen atoms in total. The van der Waals surface area contributed by atoms with E-state index in [0.29, 0.717) is 10.7 Å². The summed E-state index contributed by atoms with van der Waals surface area (Å²) in [5, 5.41) is 12.2. The number of tetrazole rings is 1. The average Bonchev–Trinajstić information content (AvgIpc) is 3.37. The Kier molecular flexibility index (Phi) is 5.90. The molecule has 0 spiro atoms. The second-order valence-electron chi connectivity index (χ2n) is 7.15. The number of carbonyl (C=O) groups excluding carboxylic acids is 1. The van der Waals surface area contributed by atoms with Gasteiger partial charge in [0.1, 0.15) is 5.75 Å².